The number of hydrogen-bond acceptors (Lipinski definition) is 6. The molecule has 1 heterocycles. The van der Waals surface area contributed by atoms with Crippen LogP contribution < -0.4 is 5.73 Å². The van der Waals surface area contributed by atoms with Gasteiger partial charge in [0, 0.05) is 12.3 Å². The summed E-state index contributed by atoms with van der Waals surface area (Å²) in [6.45, 7) is -0.520. The summed E-state index contributed by atoms with van der Waals surface area (Å²) >= 11 is 0. The largest absolute Gasteiger partial charge is 0.480 e. The Bertz CT molecular complexity index is 421. The van der Waals surface area contributed by atoms with Gasteiger partial charge in [0.15, 0.2) is 0 Å². The van der Waals surface area contributed by atoms with Gasteiger partial charge in [0.2, 0.25) is 5.91 Å². The minimum atomic E-state index is -1.29. The van der Waals surface area contributed by atoms with E-state index in [1.807, 2.05) is 0 Å². The summed E-state index contributed by atoms with van der Waals surface area (Å²) in [5, 5.41) is 30.8. The predicted molar refractivity (Wildman–Crippen MR) is 62.2 cm³/mol. The second-order valence-corrected chi connectivity index (χ2v) is 4.12. The number of hydrogen-bond donors (Lipinski definition) is 4. The molecule has 0 unspecified atom stereocenters. The maximum absolute atomic E-state index is 11.9. The maximum atomic E-state index is 11.9. The molecular weight excluding hydrogens is 258 g/mol. The number of aliphatic hydroxyl groups is 1. The molecule has 0 bridgehead atoms. The summed E-state index contributed by atoms with van der Waals surface area (Å²) in [6.07, 6.45) is -0.348. The van der Waals surface area contributed by atoms with Crippen molar-refractivity contribution in [2.75, 3.05) is 13.2 Å². The molecule has 9 nitrogen and oxygen atoms in total. The van der Waals surface area contributed by atoms with Crippen LogP contribution in [0.2, 0.25) is 0 Å². The average Bonchev–Trinajstić information content (AvgIpc) is 2.33. The van der Waals surface area contributed by atoms with Crippen LogP contribution in [0.3, 0.4) is 0 Å². The first-order chi connectivity index (χ1) is 8.86. The summed E-state index contributed by atoms with van der Waals surface area (Å²) in [6, 6.07) is -1.25. The molecule has 1 aliphatic heterocycles. The molecule has 0 radical (unpaired) electrons. The van der Waals surface area contributed by atoms with E-state index in [1.165, 1.54) is 0 Å². The Morgan fingerprint density at radius 2 is 2.11 bits per heavy atom. The fraction of sp³-hybridized carbons (Fsp3) is 0.600. The summed E-state index contributed by atoms with van der Waals surface area (Å²) in [4.78, 5) is 33.5. The Morgan fingerprint density at radius 3 is 2.58 bits per heavy atom. The third-order valence-corrected chi connectivity index (χ3v) is 2.70. The number of amides is 1. The lowest BCUT2D eigenvalue weighted by molar-refractivity contribution is -0.141. The molecule has 106 valence electrons. The third kappa shape index (κ3) is 3.73. The number of nitrogens with zero attached hydrogens (tertiary/aromatic N) is 2. The van der Waals surface area contributed by atoms with Crippen molar-refractivity contribution in [3.05, 3.63) is 0 Å². The molecule has 19 heavy (non-hydrogen) atoms. The van der Waals surface area contributed by atoms with Gasteiger partial charge in [-0.05, 0) is 6.42 Å². The minimum Gasteiger partial charge on any atom is -0.480 e. The summed E-state index contributed by atoms with van der Waals surface area (Å²) in [7, 11) is 0. The molecule has 0 spiro atoms. The highest BCUT2D eigenvalue weighted by Crippen LogP contribution is 2.21. The zero-order valence-corrected chi connectivity index (χ0v) is 10.0. The number of aliphatic carboxylic acids is 2. The quantitative estimate of drug-likeness (QED) is 0.439. The minimum absolute atomic E-state index is 0.144. The van der Waals surface area contributed by atoms with Crippen molar-refractivity contribution < 1.29 is 29.7 Å². The number of aliphatic hydroxyl groups excluding tert-OH is 1. The molecule has 0 saturated carbocycles. The second kappa shape index (κ2) is 6.25. The topological polar surface area (TPSA) is 154 Å². The van der Waals surface area contributed by atoms with Crippen LogP contribution in [0, 0.1) is 5.92 Å². The van der Waals surface area contributed by atoms with Crippen molar-refractivity contribution in [3.63, 3.8) is 0 Å². The molecule has 0 aliphatic carbocycles. The first-order valence-corrected chi connectivity index (χ1v) is 5.58. The SMILES string of the molecule is N[C@@H](C[C@H]1CC(C(=O)O)=NN(CCO)C1=O)C(=O)O. The molecule has 0 aromatic carbocycles. The van der Waals surface area contributed by atoms with Crippen LogP contribution in [0.4, 0.5) is 0 Å². The lowest BCUT2D eigenvalue weighted by Gasteiger charge is -2.28. The van der Waals surface area contributed by atoms with Gasteiger partial charge in [-0.2, -0.15) is 5.10 Å². The van der Waals surface area contributed by atoms with E-state index in [2.05, 4.69) is 5.10 Å². The number of carboxylic acids is 2. The van der Waals surface area contributed by atoms with Gasteiger partial charge in [0.25, 0.3) is 0 Å². The van der Waals surface area contributed by atoms with Crippen molar-refractivity contribution in [3.8, 4) is 0 Å². The zero-order valence-electron chi connectivity index (χ0n) is 10.0. The van der Waals surface area contributed by atoms with Crippen molar-refractivity contribution in [2.45, 2.75) is 18.9 Å². The number of β-amino-alcohol motifs (C(OH)–C–C–N with tert-alkyl or cyclic N) is 1. The van der Waals surface area contributed by atoms with E-state index >= 15 is 0 Å². The molecule has 9 heteroatoms. The number of rotatable bonds is 6. The van der Waals surface area contributed by atoms with E-state index in [4.69, 9.17) is 21.1 Å². The van der Waals surface area contributed by atoms with Gasteiger partial charge < -0.3 is 21.1 Å². The van der Waals surface area contributed by atoms with Gasteiger partial charge >= 0.3 is 11.9 Å². The maximum Gasteiger partial charge on any atom is 0.352 e. The van der Waals surface area contributed by atoms with Gasteiger partial charge in [0.05, 0.1) is 13.2 Å². The van der Waals surface area contributed by atoms with Gasteiger partial charge in [-0.15, -0.1) is 0 Å². The Balaban J connectivity index is 2.89. The van der Waals surface area contributed by atoms with E-state index in [0.717, 1.165) is 5.01 Å². The fourth-order valence-corrected chi connectivity index (χ4v) is 1.74. The number of hydrazone groups is 1. The Kier molecular flexibility index (Phi) is 4.95. The smallest absolute Gasteiger partial charge is 0.352 e. The molecule has 0 saturated heterocycles. The molecule has 0 aromatic rings. The third-order valence-electron chi connectivity index (χ3n) is 2.70. The summed E-state index contributed by atoms with van der Waals surface area (Å²) < 4.78 is 0. The van der Waals surface area contributed by atoms with Crippen LogP contribution in [0.15, 0.2) is 5.10 Å². The first kappa shape index (κ1) is 15.1. The molecular formula is C10H15N3O6. The van der Waals surface area contributed by atoms with E-state index in [1.54, 1.807) is 0 Å². The highest BCUT2D eigenvalue weighted by molar-refractivity contribution is 6.36. The average molecular weight is 273 g/mol. The highest BCUT2D eigenvalue weighted by atomic mass is 16.4. The Morgan fingerprint density at radius 1 is 1.47 bits per heavy atom. The number of carbonyl (C=O) groups is 3. The lowest BCUT2D eigenvalue weighted by Crippen LogP contribution is -2.45. The van der Waals surface area contributed by atoms with E-state index in [0.29, 0.717) is 0 Å². The summed E-state index contributed by atoms with van der Waals surface area (Å²) in [5.41, 5.74) is 5.09. The number of carboxylic acid groups (broad SMARTS) is 2. The van der Waals surface area contributed by atoms with Crippen molar-refractivity contribution >= 4 is 23.6 Å². The molecule has 1 rings (SSSR count). The van der Waals surface area contributed by atoms with Gasteiger partial charge in [-0.25, -0.2) is 9.80 Å². The molecule has 1 amide bonds. The van der Waals surface area contributed by atoms with Crippen LogP contribution >= 0.6 is 0 Å². The molecule has 5 N–H and O–H groups in total. The second-order valence-electron chi connectivity index (χ2n) is 4.12. The van der Waals surface area contributed by atoms with Crippen LogP contribution in [-0.4, -0.2) is 63.1 Å². The Labute approximate surface area is 108 Å². The van der Waals surface area contributed by atoms with Crippen LogP contribution in [0.25, 0.3) is 0 Å². The normalized spacial score (nSPS) is 20.9. The van der Waals surface area contributed by atoms with Crippen molar-refractivity contribution in [1.82, 2.24) is 5.01 Å². The summed E-state index contributed by atoms with van der Waals surface area (Å²) in [5.74, 6) is -3.94. The van der Waals surface area contributed by atoms with Crippen LogP contribution in [-0.2, 0) is 14.4 Å². The molecule has 2 atom stereocenters. The van der Waals surface area contributed by atoms with Gasteiger partial charge in [-0.1, -0.05) is 0 Å². The highest BCUT2D eigenvalue weighted by Gasteiger charge is 2.35. The monoisotopic (exact) mass is 273 g/mol. The van der Waals surface area contributed by atoms with E-state index in [9.17, 15) is 14.4 Å². The van der Waals surface area contributed by atoms with Crippen molar-refractivity contribution in [2.24, 2.45) is 16.8 Å². The predicted octanol–water partition coefficient (Wildman–Crippen LogP) is -1.93. The van der Waals surface area contributed by atoms with Crippen molar-refractivity contribution in [1.29, 1.82) is 0 Å². The number of carbonyl (C=O) groups excluding carboxylic acids is 1. The van der Waals surface area contributed by atoms with E-state index in [-0.39, 0.29) is 31.7 Å². The van der Waals surface area contributed by atoms with Gasteiger partial charge in [0.1, 0.15) is 11.8 Å². The molecule has 0 fully saturated rings. The molecule has 0 aromatic heterocycles. The molecule has 1 aliphatic rings. The lowest BCUT2D eigenvalue weighted by atomic mass is 9.92. The fourth-order valence-electron chi connectivity index (χ4n) is 1.74. The Hall–Kier alpha value is -2.00. The van der Waals surface area contributed by atoms with Crippen LogP contribution in [0.1, 0.15) is 12.8 Å². The first-order valence-electron chi connectivity index (χ1n) is 5.58. The van der Waals surface area contributed by atoms with E-state index < -0.39 is 29.8 Å². The standard InChI is InChI=1S/C10H15N3O6/c11-6(9(16)17)3-5-4-7(10(18)19)12-13(1-2-14)8(5)15/h5-6,14H,1-4,11H2,(H,16,17)(H,18,19)/t5-,6-/m0/s1. The number of nitrogens with two attached hydrogens (primary N) is 1. The van der Waals surface area contributed by atoms with Gasteiger partial charge in [-0.3, -0.25) is 9.59 Å². The zero-order chi connectivity index (χ0) is 14.6. The van der Waals surface area contributed by atoms with Crippen LogP contribution in [0.5, 0.6) is 0 Å².